The molecule has 4 nitrogen and oxygen atoms in total. The minimum absolute atomic E-state index is 0.754. The van der Waals surface area contributed by atoms with Gasteiger partial charge in [-0.05, 0) is 40.5 Å². The van der Waals surface area contributed by atoms with Crippen molar-refractivity contribution in [2.75, 3.05) is 5.73 Å². The molecule has 16 heavy (non-hydrogen) atoms. The van der Waals surface area contributed by atoms with Crippen LogP contribution in [0.25, 0.3) is 0 Å². The van der Waals surface area contributed by atoms with E-state index in [2.05, 4.69) is 31.1 Å². The summed E-state index contributed by atoms with van der Waals surface area (Å²) >= 11 is 4.95. The maximum absolute atomic E-state index is 5.80. The molecule has 0 radical (unpaired) electrons. The third-order valence-electron chi connectivity index (χ3n) is 2.01. The monoisotopic (exact) mass is 298 g/mol. The van der Waals surface area contributed by atoms with Crippen molar-refractivity contribution in [1.29, 1.82) is 0 Å². The lowest BCUT2D eigenvalue weighted by Crippen LogP contribution is -1.89. The van der Waals surface area contributed by atoms with Crippen molar-refractivity contribution >= 4 is 33.4 Å². The van der Waals surface area contributed by atoms with Crippen LogP contribution in [-0.2, 0) is 5.75 Å². The summed E-state index contributed by atoms with van der Waals surface area (Å²) in [7, 11) is 0. The van der Waals surface area contributed by atoms with E-state index in [-0.39, 0.29) is 0 Å². The average molecular weight is 299 g/mol. The number of aromatic nitrogens is 3. The van der Waals surface area contributed by atoms with E-state index in [1.54, 1.807) is 11.8 Å². The molecular weight excluding hydrogens is 288 g/mol. The van der Waals surface area contributed by atoms with Gasteiger partial charge in [-0.15, -0.1) is 5.10 Å². The lowest BCUT2D eigenvalue weighted by Gasteiger charge is -2.02. The fourth-order valence-electron chi connectivity index (χ4n) is 1.22. The van der Waals surface area contributed by atoms with Crippen molar-refractivity contribution in [3.05, 3.63) is 34.1 Å². The second kappa shape index (κ2) is 4.88. The predicted molar refractivity (Wildman–Crippen MR) is 69.2 cm³/mol. The Hall–Kier alpha value is -1.01. The largest absolute Gasteiger partial charge is 0.398 e. The Morgan fingerprint density at radius 2 is 2.31 bits per heavy atom. The number of nitrogen functional groups attached to an aromatic ring is 1. The highest BCUT2D eigenvalue weighted by Gasteiger charge is 2.03. The maximum atomic E-state index is 5.80. The molecule has 84 valence electrons. The number of rotatable bonds is 3. The average Bonchev–Trinajstić information content (AvgIpc) is 2.66. The molecule has 0 saturated carbocycles. The lowest BCUT2D eigenvalue weighted by molar-refractivity contribution is 0.969. The fraction of sp³-hybridized carbons (Fsp3) is 0.200. The number of H-pyrrole nitrogens is 1. The second-order valence-electron chi connectivity index (χ2n) is 3.35. The van der Waals surface area contributed by atoms with Crippen LogP contribution in [0, 0.1) is 6.92 Å². The summed E-state index contributed by atoms with van der Waals surface area (Å²) in [5.74, 6) is 1.65. The molecule has 0 saturated heterocycles. The molecule has 0 aliphatic rings. The first-order valence-corrected chi connectivity index (χ1v) is 6.49. The van der Waals surface area contributed by atoms with Gasteiger partial charge < -0.3 is 5.73 Å². The highest BCUT2D eigenvalue weighted by atomic mass is 79.9. The van der Waals surface area contributed by atoms with Gasteiger partial charge in [0.05, 0.1) is 0 Å². The number of hydrogen-bond donors (Lipinski definition) is 2. The zero-order valence-corrected chi connectivity index (χ0v) is 11.1. The normalized spacial score (nSPS) is 10.6. The highest BCUT2D eigenvalue weighted by molar-refractivity contribution is 9.10. The van der Waals surface area contributed by atoms with Crippen LogP contribution in [0.15, 0.2) is 27.8 Å². The van der Waals surface area contributed by atoms with Crippen LogP contribution in [-0.4, -0.2) is 15.2 Å². The molecule has 0 unspecified atom stereocenters. The summed E-state index contributed by atoms with van der Waals surface area (Å²) in [6.07, 6.45) is 0. The van der Waals surface area contributed by atoms with Crippen molar-refractivity contribution in [3.63, 3.8) is 0 Å². The summed E-state index contributed by atoms with van der Waals surface area (Å²) in [4.78, 5) is 4.22. The third-order valence-corrected chi connectivity index (χ3v) is 3.65. The molecule has 1 aromatic carbocycles. The van der Waals surface area contributed by atoms with Gasteiger partial charge in [-0.2, -0.15) is 0 Å². The van der Waals surface area contributed by atoms with Crippen LogP contribution in [0.4, 0.5) is 5.69 Å². The molecule has 6 heteroatoms. The van der Waals surface area contributed by atoms with Crippen molar-refractivity contribution in [3.8, 4) is 0 Å². The van der Waals surface area contributed by atoms with E-state index in [9.17, 15) is 0 Å². The van der Waals surface area contributed by atoms with Crippen LogP contribution < -0.4 is 5.73 Å². The number of nitrogens with zero attached hydrogens (tertiary/aromatic N) is 2. The third kappa shape index (κ3) is 2.76. The van der Waals surface area contributed by atoms with E-state index >= 15 is 0 Å². The topological polar surface area (TPSA) is 67.6 Å². The smallest absolute Gasteiger partial charge is 0.208 e. The molecule has 3 N–H and O–H groups in total. The Labute approximate surface area is 106 Å². The van der Waals surface area contributed by atoms with Gasteiger partial charge in [0.15, 0.2) is 0 Å². The van der Waals surface area contributed by atoms with Gasteiger partial charge in [-0.3, -0.25) is 5.10 Å². The van der Waals surface area contributed by atoms with Gasteiger partial charge in [-0.1, -0.05) is 17.8 Å². The zero-order valence-electron chi connectivity index (χ0n) is 8.70. The Kier molecular flexibility index (Phi) is 3.50. The Morgan fingerprint density at radius 1 is 1.50 bits per heavy atom. The van der Waals surface area contributed by atoms with Crippen LogP contribution in [0.1, 0.15) is 11.4 Å². The minimum Gasteiger partial charge on any atom is -0.398 e. The highest BCUT2D eigenvalue weighted by Crippen LogP contribution is 2.24. The number of aromatic amines is 1. The zero-order chi connectivity index (χ0) is 11.5. The molecule has 1 aromatic heterocycles. The first-order valence-electron chi connectivity index (χ1n) is 4.71. The number of aryl methyl sites for hydroxylation is 1. The SMILES string of the molecule is Cc1nc(SCc2ccc(Br)c(N)c2)n[nH]1. The van der Waals surface area contributed by atoms with Crippen molar-refractivity contribution in [1.82, 2.24) is 15.2 Å². The van der Waals surface area contributed by atoms with Gasteiger partial charge in [-0.25, -0.2) is 4.98 Å². The lowest BCUT2D eigenvalue weighted by atomic mass is 10.2. The first-order chi connectivity index (χ1) is 7.65. The first kappa shape index (κ1) is 11.5. The fourth-order valence-corrected chi connectivity index (χ4v) is 2.25. The Balaban J connectivity index is 2.02. The number of halogens is 1. The van der Waals surface area contributed by atoms with E-state index in [1.807, 2.05) is 25.1 Å². The van der Waals surface area contributed by atoms with Crippen LogP contribution in [0.5, 0.6) is 0 Å². The summed E-state index contributed by atoms with van der Waals surface area (Å²) in [6.45, 7) is 1.88. The predicted octanol–water partition coefficient (Wildman–Crippen LogP) is 2.75. The molecule has 2 aromatic rings. The van der Waals surface area contributed by atoms with E-state index in [0.717, 1.165) is 32.5 Å². The van der Waals surface area contributed by atoms with Gasteiger partial charge in [0.2, 0.25) is 5.16 Å². The molecule has 1 heterocycles. The molecule has 0 fully saturated rings. The van der Waals surface area contributed by atoms with Gasteiger partial charge in [0.25, 0.3) is 0 Å². The Bertz CT molecular complexity index is 497. The van der Waals surface area contributed by atoms with Crippen molar-refractivity contribution in [2.24, 2.45) is 0 Å². The van der Waals surface area contributed by atoms with Crippen molar-refractivity contribution in [2.45, 2.75) is 17.8 Å². The minimum atomic E-state index is 0.754. The standard InChI is InChI=1S/C10H11BrN4S/c1-6-13-10(15-14-6)16-5-7-2-3-8(11)9(12)4-7/h2-4H,5,12H2,1H3,(H,13,14,15). The molecule has 0 aliphatic heterocycles. The molecule has 2 rings (SSSR count). The summed E-state index contributed by atoms with van der Waals surface area (Å²) < 4.78 is 0.926. The van der Waals surface area contributed by atoms with Crippen molar-refractivity contribution < 1.29 is 0 Å². The number of thioether (sulfide) groups is 1. The number of hydrogen-bond acceptors (Lipinski definition) is 4. The molecule has 0 aliphatic carbocycles. The van der Waals surface area contributed by atoms with Crippen LogP contribution >= 0.6 is 27.7 Å². The molecule has 0 bridgehead atoms. The molecular formula is C10H11BrN4S. The quantitative estimate of drug-likeness (QED) is 0.675. The van der Waals surface area contributed by atoms with Crippen LogP contribution in [0.3, 0.4) is 0 Å². The number of anilines is 1. The van der Waals surface area contributed by atoms with Gasteiger partial charge in [0.1, 0.15) is 5.82 Å². The van der Waals surface area contributed by atoms with Crippen LogP contribution in [0.2, 0.25) is 0 Å². The second-order valence-corrected chi connectivity index (χ2v) is 5.14. The number of benzene rings is 1. The van der Waals surface area contributed by atoms with Gasteiger partial charge in [0, 0.05) is 15.9 Å². The summed E-state index contributed by atoms with van der Waals surface area (Å²) in [5, 5.41) is 7.63. The molecule has 0 amide bonds. The summed E-state index contributed by atoms with van der Waals surface area (Å²) in [5.41, 5.74) is 7.71. The van der Waals surface area contributed by atoms with E-state index in [4.69, 9.17) is 5.73 Å². The van der Waals surface area contributed by atoms with E-state index in [0.29, 0.717) is 0 Å². The van der Waals surface area contributed by atoms with E-state index < -0.39 is 0 Å². The Morgan fingerprint density at radius 3 is 2.94 bits per heavy atom. The van der Waals surface area contributed by atoms with E-state index in [1.165, 1.54) is 0 Å². The number of nitrogens with one attached hydrogen (secondary N) is 1. The summed E-state index contributed by atoms with van der Waals surface area (Å²) in [6, 6.07) is 5.94. The maximum Gasteiger partial charge on any atom is 0.208 e. The number of nitrogens with two attached hydrogens (primary N) is 1. The van der Waals surface area contributed by atoms with Gasteiger partial charge >= 0.3 is 0 Å². The molecule has 0 atom stereocenters. The molecule has 0 spiro atoms.